The molecule has 148 valence electrons. The van der Waals surface area contributed by atoms with E-state index in [-0.39, 0.29) is 25.5 Å². The highest BCUT2D eigenvalue weighted by atomic mass is 16.5. The summed E-state index contributed by atoms with van der Waals surface area (Å²) in [5.74, 6) is -0.913. The van der Waals surface area contributed by atoms with E-state index in [2.05, 4.69) is 10.7 Å². The Kier molecular flexibility index (Phi) is 8.02. The van der Waals surface area contributed by atoms with Gasteiger partial charge in [0.25, 0.3) is 0 Å². The Morgan fingerprint density at radius 2 is 1.54 bits per heavy atom. The number of carbonyl (C=O) groups excluding carboxylic acids is 3. The molecule has 7 nitrogen and oxygen atoms in total. The van der Waals surface area contributed by atoms with E-state index in [1.165, 1.54) is 6.92 Å². The van der Waals surface area contributed by atoms with E-state index in [0.717, 1.165) is 16.1 Å². The summed E-state index contributed by atoms with van der Waals surface area (Å²) in [6.45, 7) is 3.39. The van der Waals surface area contributed by atoms with Gasteiger partial charge in [-0.25, -0.2) is 14.6 Å². The maximum Gasteiger partial charge on any atom is 0.337 e. The number of carbonyl (C=O) groups is 3. The number of ether oxygens (including phenoxy) is 1. The van der Waals surface area contributed by atoms with E-state index in [1.807, 2.05) is 60.7 Å². The molecule has 0 saturated heterocycles. The van der Waals surface area contributed by atoms with Crippen LogP contribution >= 0.6 is 0 Å². The monoisotopic (exact) mass is 383 g/mol. The van der Waals surface area contributed by atoms with Gasteiger partial charge < -0.3 is 10.1 Å². The van der Waals surface area contributed by atoms with Crippen molar-refractivity contribution in [2.75, 3.05) is 6.61 Å². The number of nitrogens with one attached hydrogen (secondary N) is 2. The lowest BCUT2D eigenvalue weighted by molar-refractivity contribution is -0.145. The van der Waals surface area contributed by atoms with Crippen LogP contribution in [0.5, 0.6) is 0 Å². The number of nitrogens with zero attached hydrogens (tertiary/aromatic N) is 1. The summed E-state index contributed by atoms with van der Waals surface area (Å²) in [6.07, 6.45) is 0.282. The number of rotatable bonds is 7. The molecule has 0 bridgehead atoms. The topological polar surface area (TPSA) is 87.7 Å². The number of hydrogen-bond donors (Lipinski definition) is 2. The Hall–Kier alpha value is -3.35. The molecule has 0 aliphatic carbocycles. The number of amides is 3. The number of hydrazine groups is 1. The van der Waals surface area contributed by atoms with Crippen molar-refractivity contribution >= 4 is 17.9 Å². The highest BCUT2D eigenvalue weighted by Gasteiger charge is 2.25. The molecule has 7 heteroatoms. The molecule has 2 aromatic carbocycles. The first-order chi connectivity index (χ1) is 13.5. The van der Waals surface area contributed by atoms with Crippen LogP contribution in [0, 0.1) is 0 Å². The van der Waals surface area contributed by atoms with Crippen LogP contribution in [0.4, 0.5) is 4.79 Å². The second kappa shape index (κ2) is 10.7. The average molecular weight is 383 g/mol. The van der Waals surface area contributed by atoms with E-state index in [0.29, 0.717) is 0 Å². The van der Waals surface area contributed by atoms with Gasteiger partial charge in [0, 0.05) is 13.3 Å². The van der Waals surface area contributed by atoms with Crippen molar-refractivity contribution in [3.05, 3.63) is 71.8 Å². The van der Waals surface area contributed by atoms with Gasteiger partial charge >= 0.3 is 12.0 Å². The van der Waals surface area contributed by atoms with Crippen LogP contribution in [0.25, 0.3) is 0 Å². The zero-order chi connectivity index (χ0) is 20.4. The Morgan fingerprint density at radius 3 is 2.07 bits per heavy atom. The maximum absolute atomic E-state index is 12.8. The van der Waals surface area contributed by atoms with Crippen LogP contribution < -0.4 is 10.7 Å². The van der Waals surface area contributed by atoms with E-state index in [1.54, 1.807) is 6.92 Å². The predicted molar refractivity (Wildman–Crippen MR) is 105 cm³/mol. The molecule has 3 amide bonds. The van der Waals surface area contributed by atoms with Crippen molar-refractivity contribution in [3.8, 4) is 0 Å². The number of urea groups is 1. The number of esters is 1. The van der Waals surface area contributed by atoms with Crippen molar-refractivity contribution < 1.29 is 19.1 Å². The first-order valence-electron chi connectivity index (χ1n) is 9.09. The minimum atomic E-state index is -0.873. The Balaban J connectivity index is 2.14. The SMILES string of the molecule is CCOC(=O)[C@H](Cc1ccccc1)NC(=O)N(Cc1ccccc1)NC(C)=O. The Morgan fingerprint density at radius 1 is 0.964 bits per heavy atom. The zero-order valence-corrected chi connectivity index (χ0v) is 16.1. The summed E-state index contributed by atoms with van der Waals surface area (Å²) in [6, 6.07) is 17.1. The molecule has 28 heavy (non-hydrogen) atoms. The van der Waals surface area contributed by atoms with Crippen LogP contribution in [-0.2, 0) is 27.3 Å². The molecular formula is C21H25N3O4. The first kappa shape index (κ1) is 21.0. The molecule has 0 aliphatic rings. The summed E-state index contributed by atoms with van der Waals surface area (Å²) in [4.78, 5) is 36.7. The highest BCUT2D eigenvalue weighted by Crippen LogP contribution is 2.07. The first-order valence-corrected chi connectivity index (χ1v) is 9.09. The molecule has 0 spiro atoms. The summed E-state index contributed by atoms with van der Waals surface area (Å²) in [7, 11) is 0. The molecule has 0 heterocycles. The van der Waals surface area contributed by atoms with E-state index in [9.17, 15) is 14.4 Å². The smallest absolute Gasteiger partial charge is 0.337 e. The van der Waals surface area contributed by atoms with Crippen LogP contribution in [0.1, 0.15) is 25.0 Å². The minimum Gasteiger partial charge on any atom is -0.464 e. The maximum atomic E-state index is 12.8. The lowest BCUT2D eigenvalue weighted by Crippen LogP contribution is -2.54. The van der Waals surface area contributed by atoms with E-state index in [4.69, 9.17) is 4.74 Å². The standard InChI is InChI=1S/C21H25N3O4/c1-3-28-20(26)19(14-17-10-6-4-7-11-17)22-21(27)24(23-16(2)25)15-18-12-8-5-9-13-18/h4-13,19H,3,14-15H2,1-2H3,(H,22,27)(H,23,25)/t19-/m0/s1. The molecule has 0 aliphatic heterocycles. The van der Waals surface area contributed by atoms with Crippen molar-refractivity contribution in [1.29, 1.82) is 0 Å². The van der Waals surface area contributed by atoms with E-state index < -0.39 is 18.0 Å². The third kappa shape index (κ3) is 6.75. The predicted octanol–water partition coefficient (Wildman–Crippen LogP) is 2.42. The second-order valence-corrected chi connectivity index (χ2v) is 6.18. The van der Waals surface area contributed by atoms with Gasteiger partial charge in [-0.15, -0.1) is 0 Å². The third-order valence-corrected chi connectivity index (χ3v) is 3.87. The molecule has 0 fully saturated rings. The zero-order valence-electron chi connectivity index (χ0n) is 16.1. The van der Waals surface area contributed by atoms with Gasteiger partial charge in [0.15, 0.2) is 0 Å². The molecule has 2 aromatic rings. The average Bonchev–Trinajstić information content (AvgIpc) is 2.68. The highest BCUT2D eigenvalue weighted by molar-refractivity contribution is 5.85. The van der Waals surface area contributed by atoms with Crippen LogP contribution in [0.2, 0.25) is 0 Å². The largest absolute Gasteiger partial charge is 0.464 e. The van der Waals surface area contributed by atoms with Gasteiger partial charge in [-0.05, 0) is 18.1 Å². The number of benzene rings is 2. The quantitative estimate of drug-likeness (QED) is 0.568. The van der Waals surface area contributed by atoms with Crippen molar-refractivity contribution in [2.45, 2.75) is 32.9 Å². The van der Waals surface area contributed by atoms with Crippen LogP contribution in [0.15, 0.2) is 60.7 Å². The molecule has 2 rings (SSSR count). The Labute approximate surface area is 164 Å². The van der Waals surface area contributed by atoms with Crippen molar-refractivity contribution in [2.24, 2.45) is 0 Å². The van der Waals surface area contributed by atoms with Gasteiger partial charge in [-0.2, -0.15) is 0 Å². The van der Waals surface area contributed by atoms with Crippen molar-refractivity contribution in [3.63, 3.8) is 0 Å². The van der Waals surface area contributed by atoms with Gasteiger partial charge in [-0.1, -0.05) is 60.7 Å². The fraction of sp³-hybridized carbons (Fsp3) is 0.286. The fourth-order valence-corrected chi connectivity index (χ4v) is 2.63. The summed E-state index contributed by atoms with van der Waals surface area (Å²) < 4.78 is 5.10. The van der Waals surface area contributed by atoms with E-state index >= 15 is 0 Å². The number of hydrogen-bond acceptors (Lipinski definition) is 4. The van der Waals surface area contributed by atoms with Crippen molar-refractivity contribution in [1.82, 2.24) is 15.8 Å². The molecule has 0 aromatic heterocycles. The molecule has 1 atom stereocenters. The lowest BCUT2D eigenvalue weighted by Gasteiger charge is -2.26. The molecular weight excluding hydrogens is 358 g/mol. The third-order valence-electron chi connectivity index (χ3n) is 3.87. The molecule has 2 N–H and O–H groups in total. The van der Waals surface area contributed by atoms with Crippen LogP contribution in [-0.4, -0.2) is 35.6 Å². The van der Waals surface area contributed by atoms with Gasteiger partial charge in [0.2, 0.25) is 5.91 Å². The molecule has 0 radical (unpaired) electrons. The lowest BCUT2D eigenvalue weighted by atomic mass is 10.1. The molecule has 0 saturated carbocycles. The van der Waals surface area contributed by atoms with Crippen LogP contribution in [0.3, 0.4) is 0 Å². The van der Waals surface area contributed by atoms with Gasteiger partial charge in [0.05, 0.1) is 13.2 Å². The summed E-state index contributed by atoms with van der Waals surface area (Å²) >= 11 is 0. The molecule has 0 unspecified atom stereocenters. The van der Waals surface area contributed by atoms with Gasteiger partial charge in [-0.3, -0.25) is 10.2 Å². The fourth-order valence-electron chi connectivity index (χ4n) is 2.63. The summed E-state index contributed by atoms with van der Waals surface area (Å²) in [5, 5.41) is 3.82. The van der Waals surface area contributed by atoms with Gasteiger partial charge in [0.1, 0.15) is 6.04 Å². The summed E-state index contributed by atoms with van der Waals surface area (Å²) in [5.41, 5.74) is 4.22. The Bertz CT molecular complexity index is 781. The normalized spacial score (nSPS) is 11.2. The second-order valence-electron chi connectivity index (χ2n) is 6.18. The minimum absolute atomic E-state index is 0.160.